The van der Waals surface area contributed by atoms with E-state index in [-0.39, 0.29) is 5.78 Å². The lowest BCUT2D eigenvalue weighted by Gasteiger charge is -2.36. The van der Waals surface area contributed by atoms with Crippen molar-refractivity contribution in [2.75, 3.05) is 0 Å². The first-order valence-corrected chi connectivity index (χ1v) is 5.18. The SMILES string of the molecule is C=CCCC1=C(C=C(C)C)C(=O)C1(C)O. The van der Waals surface area contributed by atoms with Crippen LogP contribution in [0.3, 0.4) is 0 Å². The first kappa shape index (κ1) is 11.9. The maximum atomic E-state index is 11.6. The van der Waals surface area contributed by atoms with Gasteiger partial charge in [-0.3, -0.25) is 4.79 Å². The van der Waals surface area contributed by atoms with E-state index in [0.717, 1.165) is 17.6 Å². The molecule has 0 radical (unpaired) electrons. The van der Waals surface area contributed by atoms with E-state index in [4.69, 9.17) is 0 Å². The van der Waals surface area contributed by atoms with Gasteiger partial charge in [0.05, 0.1) is 0 Å². The van der Waals surface area contributed by atoms with Crippen molar-refractivity contribution >= 4 is 5.78 Å². The van der Waals surface area contributed by atoms with Gasteiger partial charge in [-0.05, 0) is 39.2 Å². The normalized spacial score (nSPS) is 24.9. The van der Waals surface area contributed by atoms with Crippen LogP contribution in [-0.2, 0) is 4.79 Å². The number of hydrogen-bond acceptors (Lipinski definition) is 2. The Bertz CT molecular complexity index is 353. The molecule has 1 N–H and O–H groups in total. The van der Waals surface area contributed by atoms with E-state index in [0.29, 0.717) is 12.0 Å². The molecule has 0 heterocycles. The molecule has 0 aromatic heterocycles. The van der Waals surface area contributed by atoms with E-state index in [9.17, 15) is 9.90 Å². The Balaban J connectivity index is 3.01. The number of ketones is 1. The number of carbonyl (C=O) groups excluding carboxylic acids is 1. The predicted octanol–water partition coefficient (Wildman–Crippen LogP) is 2.55. The monoisotopic (exact) mass is 206 g/mol. The third-order valence-electron chi connectivity index (χ3n) is 2.63. The minimum atomic E-state index is -1.25. The molecule has 1 aliphatic carbocycles. The fraction of sp³-hybridized carbons (Fsp3) is 0.462. The maximum absolute atomic E-state index is 11.6. The molecule has 82 valence electrons. The van der Waals surface area contributed by atoms with Gasteiger partial charge in [0.25, 0.3) is 0 Å². The smallest absolute Gasteiger partial charge is 0.198 e. The number of carbonyl (C=O) groups is 1. The molecule has 0 amide bonds. The zero-order valence-corrected chi connectivity index (χ0v) is 9.63. The molecule has 1 aliphatic rings. The number of aliphatic hydroxyl groups is 1. The summed E-state index contributed by atoms with van der Waals surface area (Å²) >= 11 is 0. The van der Waals surface area contributed by atoms with Crippen molar-refractivity contribution in [2.24, 2.45) is 0 Å². The van der Waals surface area contributed by atoms with Crippen LogP contribution in [0.25, 0.3) is 0 Å². The third-order valence-corrected chi connectivity index (χ3v) is 2.63. The topological polar surface area (TPSA) is 37.3 Å². The van der Waals surface area contributed by atoms with Crippen molar-refractivity contribution < 1.29 is 9.90 Å². The van der Waals surface area contributed by atoms with E-state index in [1.165, 1.54) is 0 Å². The highest BCUT2D eigenvalue weighted by Crippen LogP contribution is 2.38. The van der Waals surface area contributed by atoms with Crippen molar-refractivity contribution in [1.82, 2.24) is 0 Å². The molecule has 2 nitrogen and oxygen atoms in total. The lowest BCUT2D eigenvalue weighted by molar-refractivity contribution is -0.132. The summed E-state index contributed by atoms with van der Waals surface area (Å²) < 4.78 is 0. The summed E-state index contributed by atoms with van der Waals surface area (Å²) in [5, 5.41) is 9.88. The Labute approximate surface area is 91.0 Å². The van der Waals surface area contributed by atoms with Crippen molar-refractivity contribution in [2.45, 2.75) is 39.2 Å². The first-order chi connectivity index (χ1) is 6.91. The second-order valence-electron chi connectivity index (χ2n) is 4.34. The zero-order valence-electron chi connectivity index (χ0n) is 9.63. The second-order valence-corrected chi connectivity index (χ2v) is 4.34. The molecular formula is C13H18O2. The van der Waals surface area contributed by atoms with E-state index >= 15 is 0 Å². The van der Waals surface area contributed by atoms with Crippen molar-refractivity contribution in [3.05, 3.63) is 35.5 Å². The summed E-state index contributed by atoms with van der Waals surface area (Å²) in [4.78, 5) is 11.6. The van der Waals surface area contributed by atoms with Gasteiger partial charge >= 0.3 is 0 Å². The Morgan fingerprint density at radius 2 is 2.13 bits per heavy atom. The van der Waals surface area contributed by atoms with Gasteiger partial charge in [0, 0.05) is 5.57 Å². The second kappa shape index (κ2) is 4.15. The molecule has 0 aromatic carbocycles. The van der Waals surface area contributed by atoms with Gasteiger partial charge < -0.3 is 5.11 Å². The minimum Gasteiger partial charge on any atom is -0.378 e. The third kappa shape index (κ3) is 2.10. The summed E-state index contributed by atoms with van der Waals surface area (Å²) in [5.74, 6) is -0.164. The Kier molecular flexibility index (Phi) is 3.30. The molecule has 0 aliphatic heterocycles. The van der Waals surface area contributed by atoms with E-state index < -0.39 is 5.60 Å². The van der Waals surface area contributed by atoms with Gasteiger partial charge in [-0.15, -0.1) is 6.58 Å². The highest BCUT2D eigenvalue weighted by atomic mass is 16.3. The molecule has 0 saturated heterocycles. The van der Waals surface area contributed by atoms with Gasteiger partial charge in [-0.1, -0.05) is 17.7 Å². The lowest BCUT2D eigenvalue weighted by Crippen LogP contribution is -2.47. The Hall–Kier alpha value is -1.15. The van der Waals surface area contributed by atoms with Crippen LogP contribution >= 0.6 is 0 Å². The van der Waals surface area contributed by atoms with Crippen LogP contribution in [0, 0.1) is 0 Å². The summed E-state index contributed by atoms with van der Waals surface area (Å²) in [7, 11) is 0. The highest BCUT2D eigenvalue weighted by molar-refractivity contribution is 6.14. The highest BCUT2D eigenvalue weighted by Gasteiger charge is 2.46. The van der Waals surface area contributed by atoms with Crippen LogP contribution < -0.4 is 0 Å². The molecule has 15 heavy (non-hydrogen) atoms. The molecule has 0 spiro atoms. The van der Waals surface area contributed by atoms with Gasteiger partial charge in [-0.25, -0.2) is 0 Å². The largest absolute Gasteiger partial charge is 0.378 e. The fourth-order valence-corrected chi connectivity index (χ4v) is 1.80. The van der Waals surface area contributed by atoms with Crippen molar-refractivity contribution in [1.29, 1.82) is 0 Å². The fourth-order valence-electron chi connectivity index (χ4n) is 1.80. The van der Waals surface area contributed by atoms with Crippen LogP contribution in [-0.4, -0.2) is 16.5 Å². The van der Waals surface area contributed by atoms with Gasteiger partial charge in [0.15, 0.2) is 5.78 Å². The number of hydrogen-bond donors (Lipinski definition) is 1. The van der Waals surface area contributed by atoms with Gasteiger partial charge in [0.1, 0.15) is 5.60 Å². The van der Waals surface area contributed by atoms with E-state index in [1.807, 2.05) is 19.9 Å². The van der Waals surface area contributed by atoms with Crippen LogP contribution in [0.15, 0.2) is 35.5 Å². The zero-order chi connectivity index (χ0) is 11.6. The predicted molar refractivity (Wildman–Crippen MR) is 61.5 cm³/mol. The summed E-state index contributed by atoms with van der Waals surface area (Å²) in [6.45, 7) is 9.09. The molecule has 0 saturated carbocycles. The molecule has 2 heteroatoms. The Morgan fingerprint density at radius 1 is 1.53 bits per heavy atom. The summed E-state index contributed by atoms with van der Waals surface area (Å²) in [5.41, 5.74) is 1.35. The molecule has 1 atom stereocenters. The quantitative estimate of drug-likeness (QED) is 0.718. The summed E-state index contributed by atoms with van der Waals surface area (Å²) in [6, 6.07) is 0. The molecule has 0 fully saturated rings. The van der Waals surface area contributed by atoms with Crippen molar-refractivity contribution in [3.8, 4) is 0 Å². The first-order valence-electron chi connectivity index (χ1n) is 5.18. The average molecular weight is 206 g/mol. The average Bonchev–Trinajstić information content (AvgIpc) is 2.15. The Morgan fingerprint density at radius 3 is 2.60 bits per heavy atom. The van der Waals surface area contributed by atoms with E-state index in [2.05, 4.69) is 6.58 Å². The van der Waals surface area contributed by atoms with Gasteiger partial charge in [-0.2, -0.15) is 0 Å². The lowest BCUT2D eigenvalue weighted by atomic mass is 9.71. The van der Waals surface area contributed by atoms with Crippen LogP contribution in [0.1, 0.15) is 33.6 Å². The summed E-state index contributed by atoms with van der Waals surface area (Å²) in [6.07, 6.45) is 5.14. The molecule has 1 rings (SSSR count). The van der Waals surface area contributed by atoms with Crippen LogP contribution in [0.4, 0.5) is 0 Å². The van der Waals surface area contributed by atoms with Gasteiger partial charge in [0.2, 0.25) is 0 Å². The van der Waals surface area contributed by atoms with Crippen LogP contribution in [0.2, 0.25) is 0 Å². The maximum Gasteiger partial charge on any atom is 0.198 e. The molecule has 1 unspecified atom stereocenters. The van der Waals surface area contributed by atoms with E-state index in [1.54, 1.807) is 13.0 Å². The minimum absolute atomic E-state index is 0.164. The molecule has 0 bridgehead atoms. The van der Waals surface area contributed by atoms with Crippen LogP contribution in [0.5, 0.6) is 0 Å². The molecular weight excluding hydrogens is 188 g/mol. The van der Waals surface area contributed by atoms with Crippen molar-refractivity contribution in [3.63, 3.8) is 0 Å². The number of rotatable bonds is 4. The number of allylic oxidation sites excluding steroid dienone is 3. The molecule has 0 aromatic rings. The standard InChI is InChI=1S/C13H18O2/c1-5-6-7-11-10(8-9(2)3)12(14)13(11,4)15/h5,8,15H,1,6-7H2,2-4H3. The number of Topliss-reactive ketones (excluding diaryl/α,β-unsaturated/α-hetero) is 1.